The van der Waals surface area contributed by atoms with E-state index in [4.69, 9.17) is 0 Å². The van der Waals surface area contributed by atoms with Gasteiger partial charge in [-0.15, -0.1) is 0 Å². The molecule has 0 radical (unpaired) electrons. The highest BCUT2D eigenvalue weighted by Crippen LogP contribution is 2.33. The summed E-state index contributed by atoms with van der Waals surface area (Å²) >= 11 is 0. The molecule has 2 unspecified atom stereocenters. The summed E-state index contributed by atoms with van der Waals surface area (Å²) in [6.07, 6.45) is 0.260. The van der Waals surface area contributed by atoms with Crippen LogP contribution in [-0.4, -0.2) is 21.6 Å². The van der Waals surface area contributed by atoms with Crippen molar-refractivity contribution in [3.05, 3.63) is 59.9 Å². The Kier molecular flexibility index (Phi) is 3.34. The number of rotatable bonds is 1. The van der Waals surface area contributed by atoms with Gasteiger partial charge >= 0.3 is 0 Å². The number of halogens is 1. The zero-order valence-electron chi connectivity index (χ0n) is 12.1. The van der Waals surface area contributed by atoms with E-state index in [9.17, 15) is 13.4 Å². The molecule has 4 nitrogen and oxygen atoms in total. The molecule has 2 aromatic carbocycles. The van der Waals surface area contributed by atoms with E-state index in [1.807, 2.05) is 24.3 Å². The molecule has 1 amide bonds. The lowest BCUT2D eigenvalue weighted by molar-refractivity contribution is -0.119. The van der Waals surface area contributed by atoms with Gasteiger partial charge in [0.1, 0.15) is 5.82 Å². The maximum Gasteiger partial charge on any atom is 0.248 e. The third-order valence-corrected chi connectivity index (χ3v) is 5.64. The van der Waals surface area contributed by atoms with Crippen molar-refractivity contribution in [3.8, 4) is 0 Å². The largest absolute Gasteiger partial charge is 0.273 e. The topological polar surface area (TPSA) is 49.7 Å². The van der Waals surface area contributed by atoms with Crippen LogP contribution in [0, 0.1) is 11.7 Å². The van der Waals surface area contributed by atoms with Gasteiger partial charge in [-0.3, -0.25) is 9.00 Å². The van der Waals surface area contributed by atoms with Gasteiger partial charge in [-0.25, -0.2) is 9.40 Å². The molecular weight excluding hydrogens is 315 g/mol. The van der Waals surface area contributed by atoms with Crippen LogP contribution in [0.15, 0.2) is 58.5 Å². The Morgan fingerprint density at radius 3 is 2.65 bits per heavy atom. The van der Waals surface area contributed by atoms with Gasteiger partial charge in [-0.05, 0) is 30.3 Å². The van der Waals surface area contributed by atoms with Crippen molar-refractivity contribution in [1.29, 1.82) is 0 Å². The second-order valence-corrected chi connectivity index (χ2v) is 7.04. The lowest BCUT2D eigenvalue weighted by Crippen LogP contribution is -2.41. The first-order chi connectivity index (χ1) is 11.1. The third-order valence-electron chi connectivity index (χ3n) is 4.08. The normalized spacial score (nSPS) is 23.1. The Labute approximate surface area is 135 Å². The predicted molar refractivity (Wildman–Crippen MR) is 86.2 cm³/mol. The SMILES string of the molecule is O=C1CC2CS(=O)c3ccccc3C2=NN1c1ccc(F)cc1. The summed E-state index contributed by atoms with van der Waals surface area (Å²) in [5.41, 5.74) is 2.15. The highest BCUT2D eigenvalue weighted by atomic mass is 32.2. The van der Waals surface area contributed by atoms with Gasteiger partial charge in [-0.2, -0.15) is 5.10 Å². The second-order valence-electron chi connectivity index (χ2n) is 5.58. The highest BCUT2D eigenvalue weighted by Gasteiger charge is 2.37. The lowest BCUT2D eigenvalue weighted by Gasteiger charge is -2.32. The average molecular weight is 328 g/mol. The summed E-state index contributed by atoms with van der Waals surface area (Å²) in [6.45, 7) is 0. The number of benzene rings is 2. The van der Waals surface area contributed by atoms with Crippen molar-refractivity contribution in [2.75, 3.05) is 10.8 Å². The summed E-state index contributed by atoms with van der Waals surface area (Å²) in [7, 11) is -1.11. The predicted octanol–water partition coefficient (Wildman–Crippen LogP) is 2.70. The van der Waals surface area contributed by atoms with Gasteiger partial charge in [0.25, 0.3) is 0 Å². The number of hydrogen-bond acceptors (Lipinski definition) is 3. The molecule has 0 aromatic heterocycles. The minimum absolute atomic E-state index is 0.130. The molecule has 2 aromatic rings. The molecule has 0 fully saturated rings. The quantitative estimate of drug-likeness (QED) is 0.808. The molecule has 0 N–H and O–H groups in total. The van der Waals surface area contributed by atoms with Crippen LogP contribution in [0.3, 0.4) is 0 Å². The summed E-state index contributed by atoms with van der Waals surface area (Å²) in [5.74, 6) is -0.238. The van der Waals surface area contributed by atoms with Crippen LogP contribution in [0.2, 0.25) is 0 Å². The van der Waals surface area contributed by atoms with Crippen molar-refractivity contribution in [2.24, 2.45) is 11.0 Å². The molecule has 0 bridgehead atoms. The first kappa shape index (κ1) is 14.3. The number of hydrazone groups is 1. The molecule has 0 spiro atoms. The molecule has 6 heteroatoms. The van der Waals surface area contributed by atoms with E-state index in [1.165, 1.54) is 29.3 Å². The molecule has 0 aliphatic carbocycles. The van der Waals surface area contributed by atoms with Crippen LogP contribution in [0.25, 0.3) is 0 Å². The Morgan fingerprint density at radius 1 is 1.13 bits per heavy atom. The molecular formula is C17H13FN2O2S. The van der Waals surface area contributed by atoms with Gasteiger partial charge in [0.2, 0.25) is 5.91 Å². The Morgan fingerprint density at radius 2 is 1.87 bits per heavy atom. The van der Waals surface area contributed by atoms with Crippen LogP contribution < -0.4 is 5.01 Å². The summed E-state index contributed by atoms with van der Waals surface area (Å²) in [5, 5.41) is 5.82. The number of carbonyl (C=O) groups is 1. The molecule has 116 valence electrons. The monoisotopic (exact) mass is 328 g/mol. The standard InChI is InChI=1S/C17H13FN2O2S/c18-12-5-7-13(8-6-12)20-16(21)9-11-10-23(22)15-4-2-1-3-14(15)17(11)19-20/h1-8,11H,9-10H2. The van der Waals surface area contributed by atoms with E-state index in [0.717, 1.165) is 16.2 Å². The van der Waals surface area contributed by atoms with Crippen molar-refractivity contribution >= 4 is 28.1 Å². The molecule has 2 heterocycles. The van der Waals surface area contributed by atoms with E-state index in [-0.39, 0.29) is 24.1 Å². The van der Waals surface area contributed by atoms with Crippen LogP contribution in [-0.2, 0) is 15.6 Å². The van der Waals surface area contributed by atoms with Crippen molar-refractivity contribution in [2.45, 2.75) is 11.3 Å². The zero-order valence-corrected chi connectivity index (χ0v) is 12.9. The van der Waals surface area contributed by atoms with Crippen LogP contribution in [0.4, 0.5) is 10.1 Å². The third kappa shape index (κ3) is 2.39. The van der Waals surface area contributed by atoms with Gasteiger partial charge in [0.05, 0.1) is 22.2 Å². The van der Waals surface area contributed by atoms with Crippen LogP contribution in [0.5, 0.6) is 0 Å². The van der Waals surface area contributed by atoms with E-state index in [1.54, 1.807) is 0 Å². The Hall–Kier alpha value is -2.34. The number of hydrogen-bond donors (Lipinski definition) is 0. The van der Waals surface area contributed by atoms with Crippen LogP contribution >= 0.6 is 0 Å². The van der Waals surface area contributed by atoms with Crippen molar-refractivity contribution in [1.82, 2.24) is 0 Å². The van der Waals surface area contributed by atoms with Crippen molar-refractivity contribution < 1.29 is 13.4 Å². The number of fused-ring (bicyclic) bond motifs is 3. The average Bonchev–Trinajstić information content (AvgIpc) is 2.56. The van der Waals surface area contributed by atoms with Gasteiger partial charge in [-0.1, -0.05) is 18.2 Å². The molecule has 0 saturated carbocycles. The number of anilines is 1. The minimum atomic E-state index is -1.11. The Bertz CT molecular complexity index is 848. The zero-order chi connectivity index (χ0) is 16.0. The summed E-state index contributed by atoms with van der Waals surface area (Å²) in [6, 6.07) is 13.1. The van der Waals surface area contributed by atoms with Gasteiger partial charge in [0.15, 0.2) is 0 Å². The Balaban J connectivity index is 1.83. The van der Waals surface area contributed by atoms with Gasteiger partial charge in [0, 0.05) is 28.6 Å². The fraction of sp³-hybridized carbons (Fsp3) is 0.176. The fourth-order valence-corrected chi connectivity index (χ4v) is 4.45. The number of carbonyl (C=O) groups excluding carboxylic acids is 1. The maximum absolute atomic E-state index is 13.1. The molecule has 23 heavy (non-hydrogen) atoms. The lowest BCUT2D eigenvalue weighted by atomic mass is 9.93. The molecule has 2 aliphatic rings. The van der Waals surface area contributed by atoms with Crippen LogP contribution in [0.1, 0.15) is 12.0 Å². The van der Waals surface area contributed by atoms with E-state index >= 15 is 0 Å². The minimum Gasteiger partial charge on any atom is -0.273 e. The fourth-order valence-electron chi connectivity index (χ4n) is 2.98. The number of nitrogens with zero attached hydrogens (tertiary/aromatic N) is 2. The molecule has 4 rings (SSSR count). The molecule has 0 saturated heterocycles. The first-order valence-corrected chi connectivity index (χ1v) is 8.60. The first-order valence-electron chi connectivity index (χ1n) is 7.28. The highest BCUT2D eigenvalue weighted by molar-refractivity contribution is 7.85. The summed E-state index contributed by atoms with van der Waals surface area (Å²) in [4.78, 5) is 13.1. The van der Waals surface area contributed by atoms with E-state index < -0.39 is 10.8 Å². The number of amides is 1. The van der Waals surface area contributed by atoms with Crippen molar-refractivity contribution in [3.63, 3.8) is 0 Å². The maximum atomic E-state index is 13.1. The van der Waals surface area contributed by atoms with E-state index in [2.05, 4.69) is 5.10 Å². The summed E-state index contributed by atoms with van der Waals surface area (Å²) < 4.78 is 25.4. The second kappa shape index (κ2) is 5.38. The van der Waals surface area contributed by atoms with E-state index in [0.29, 0.717) is 11.4 Å². The smallest absolute Gasteiger partial charge is 0.248 e. The van der Waals surface area contributed by atoms with Gasteiger partial charge < -0.3 is 0 Å². The molecule has 2 aliphatic heterocycles. The molecule has 2 atom stereocenters.